The molecule has 0 saturated heterocycles. The van der Waals surface area contributed by atoms with Crippen molar-refractivity contribution in [1.82, 2.24) is 14.5 Å². The number of anilines is 1. The number of nitrogens with zero attached hydrogens (tertiary/aromatic N) is 3. The van der Waals surface area contributed by atoms with Crippen LogP contribution in [0.5, 0.6) is 0 Å². The summed E-state index contributed by atoms with van der Waals surface area (Å²) in [6.07, 6.45) is 1.90. The first-order valence-electron chi connectivity index (χ1n) is 11.0. The van der Waals surface area contributed by atoms with Gasteiger partial charge >= 0.3 is 0 Å². The molecule has 2 amide bonds. The van der Waals surface area contributed by atoms with Crippen LogP contribution in [0.4, 0.5) is 5.95 Å². The minimum Gasteiger partial charge on any atom is -0.330 e. The third-order valence-electron chi connectivity index (χ3n) is 5.40. The van der Waals surface area contributed by atoms with Crippen molar-refractivity contribution in [2.75, 3.05) is 18.4 Å². The summed E-state index contributed by atoms with van der Waals surface area (Å²) in [5.74, 6) is -0.172. The topological polar surface area (TPSA) is 67.2 Å². The Morgan fingerprint density at radius 2 is 1.74 bits per heavy atom. The lowest BCUT2D eigenvalue weighted by atomic mass is 10.2. The number of rotatable bonds is 7. The van der Waals surface area contributed by atoms with E-state index in [0.29, 0.717) is 23.1 Å². The van der Waals surface area contributed by atoms with E-state index in [1.165, 1.54) is 4.90 Å². The Balaban J connectivity index is 1.59. The van der Waals surface area contributed by atoms with Crippen molar-refractivity contribution in [3.63, 3.8) is 0 Å². The van der Waals surface area contributed by atoms with E-state index < -0.39 is 0 Å². The molecule has 7 heteroatoms. The summed E-state index contributed by atoms with van der Waals surface area (Å²) < 4.78 is 1.85. The Morgan fingerprint density at radius 1 is 1.00 bits per heavy atom. The van der Waals surface area contributed by atoms with Crippen LogP contribution in [-0.2, 0) is 4.79 Å². The number of carbonyl (C=O) groups excluding carboxylic acids is 2. The van der Waals surface area contributed by atoms with Crippen LogP contribution in [-0.4, -0.2) is 39.4 Å². The van der Waals surface area contributed by atoms with Gasteiger partial charge in [-0.05, 0) is 55.8 Å². The first-order chi connectivity index (χ1) is 16.4. The lowest BCUT2D eigenvalue weighted by molar-refractivity contribution is -0.116. The highest BCUT2D eigenvalue weighted by Crippen LogP contribution is 2.24. The summed E-state index contributed by atoms with van der Waals surface area (Å²) in [6, 6.07) is 24.4. The van der Waals surface area contributed by atoms with Crippen molar-refractivity contribution in [3.05, 3.63) is 101 Å². The van der Waals surface area contributed by atoms with Crippen molar-refractivity contribution < 1.29 is 9.59 Å². The average Bonchev–Trinajstić information content (AvgIpc) is 3.27. The third-order valence-corrected chi connectivity index (χ3v) is 5.65. The molecule has 0 aliphatic rings. The number of halogens is 1. The largest absolute Gasteiger partial charge is 0.330 e. The molecule has 0 saturated carbocycles. The molecule has 0 spiro atoms. The maximum atomic E-state index is 13.0. The van der Waals surface area contributed by atoms with Gasteiger partial charge in [0.05, 0.1) is 5.69 Å². The van der Waals surface area contributed by atoms with Gasteiger partial charge in [0.2, 0.25) is 11.9 Å². The SMILES string of the molecule is CCN(CC(=O)Nc1nc(-c2ccccc2)cn1-c1cccc(C)c1)C(=O)c1ccc(Cl)cc1. The van der Waals surface area contributed by atoms with Crippen LogP contribution < -0.4 is 5.32 Å². The Hall–Kier alpha value is -3.90. The molecule has 0 atom stereocenters. The van der Waals surface area contributed by atoms with Gasteiger partial charge in [-0.15, -0.1) is 0 Å². The molecular formula is C27H25ClN4O2. The number of carbonyl (C=O) groups is 2. The van der Waals surface area contributed by atoms with Gasteiger partial charge in [-0.1, -0.05) is 54.1 Å². The van der Waals surface area contributed by atoms with E-state index in [1.54, 1.807) is 24.3 Å². The normalized spacial score (nSPS) is 10.7. The van der Waals surface area contributed by atoms with Gasteiger partial charge in [0.1, 0.15) is 6.54 Å². The van der Waals surface area contributed by atoms with E-state index in [-0.39, 0.29) is 18.4 Å². The third kappa shape index (κ3) is 5.35. The zero-order chi connectivity index (χ0) is 24.1. The average molecular weight is 473 g/mol. The number of likely N-dealkylation sites (N-methyl/N-ethyl adjacent to an activating group) is 1. The van der Waals surface area contributed by atoms with Crippen LogP contribution in [0, 0.1) is 6.92 Å². The predicted molar refractivity (Wildman–Crippen MR) is 135 cm³/mol. The number of aromatic nitrogens is 2. The fourth-order valence-corrected chi connectivity index (χ4v) is 3.76. The van der Waals surface area contributed by atoms with Crippen molar-refractivity contribution >= 4 is 29.4 Å². The van der Waals surface area contributed by atoms with Crippen molar-refractivity contribution in [2.45, 2.75) is 13.8 Å². The number of aryl methyl sites for hydroxylation is 1. The lowest BCUT2D eigenvalue weighted by Crippen LogP contribution is -2.38. The van der Waals surface area contributed by atoms with Crippen LogP contribution in [0.3, 0.4) is 0 Å². The minimum atomic E-state index is -0.330. The monoisotopic (exact) mass is 472 g/mol. The second-order valence-corrected chi connectivity index (χ2v) is 8.34. The molecule has 0 aliphatic heterocycles. The van der Waals surface area contributed by atoms with E-state index in [9.17, 15) is 9.59 Å². The van der Waals surface area contributed by atoms with E-state index >= 15 is 0 Å². The van der Waals surface area contributed by atoms with Crippen LogP contribution in [0.2, 0.25) is 5.02 Å². The number of benzene rings is 3. The molecule has 0 aliphatic carbocycles. The van der Waals surface area contributed by atoms with Crippen LogP contribution in [0.25, 0.3) is 16.9 Å². The fraction of sp³-hybridized carbons (Fsp3) is 0.148. The first-order valence-corrected chi connectivity index (χ1v) is 11.4. The van der Waals surface area contributed by atoms with Crippen LogP contribution in [0.15, 0.2) is 85.1 Å². The number of hydrogen-bond acceptors (Lipinski definition) is 3. The fourth-order valence-electron chi connectivity index (χ4n) is 3.63. The molecule has 1 N–H and O–H groups in total. The highest BCUT2D eigenvalue weighted by molar-refractivity contribution is 6.30. The zero-order valence-corrected chi connectivity index (χ0v) is 19.8. The van der Waals surface area contributed by atoms with Crippen LogP contribution >= 0.6 is 11.6 Å². The summed E-state index contributed by atoms with van der Waals surface area (Å²) in [7, 11) is 0. The molecule has 0 fully saturated rings. The Labute approximate surface area is 203 Å². The van der Waals surface area contributed by atoms with Crippen molar-refractivity contribution in [2.24, 2.45) is 0 Å². The van der Waals surface area contributed by atoms with Crippen molar-refractivity contribution in [3.8, 4) is 16.9 Å². The Morgan fingerprint density at radius 3 is 2.41 bits per heavy atom. The van der Waals surface area contributed by atoms with E-state index in [4.69, 9.17) is 11.6 Å². The first kappa shape index (κ1) is 23.3. The molecule has 6 nitrogen and oxygen atoms in total. The minimum absolute atomic E-state index is 0.0979. The maximum absolute atomic E-state index is 13.0. The highest BCUT2D eigenvalue weighted by Gasteiger charge is 2.20. The summed E-state index contributed by atoms with van der Waals surface area (Å²) in [5.41, 5.74) is 4.14. The molecule has 1 aromatic heterocycles. The smallest absolute Gasteiger partial charge is 0.254 e. The lowest BCUT2D eigenvalue weighted by Gasteiger charge is -2.20. The number of imidazole rings is 1. The van der Waals surface area contributed by atoms with E-state index in [0.717, 1.165) is 22.5 Å². The quantitative estimate of drug-likeness (QED) is 0.380. The molecule has 3 aromatic carbocycles. The second-order valence-electron chi connectivity index (χ2n) is 7.90. The standard InChI is InChI=1S/C27H25ClN4O2/c1-3-31(26(34)21-12-14-22(28)15-13-21)18-25(33)30-27-29-24(20-9-5-4-6-10-20)17-32(27)23-11-7-8-19(2)16-23/h4-17H,3,18H2,1-2H3,(H,29,30,33). The van der Waals surface area contributed by atoms with Gasteiger partial charge in [-0.25, -0.2) is 4.98 Å². The molecule has 4 rings (SSSR count). The van der Waals surface area contributed by atoms with Gasteiger partial charge in [0, 0.05) is 34.6 Å². The second kappa shape index (κ2) is 10.4. The van der Waals surface area contributed by atoms with Gasteiger partial charge in [-0.2, -0.15) is 0 Å². The molecule has 0 bridgehead atoms. The number of nitrogens with one attached hydrogen (secondary N) is 1. The van der Waals surface area contributed by atoms with Gasteiger partial charge in [0.15, 0.2) is 0 Å². The molecule has 4 aromatic rings. The zero-order valence-electron chi connectivity index (χ0n) is 19.0. The van der Waals surface area contributed by atoms with Gasteiger partial charge < -0.3 is 4.90 Å². The summed E-state index contributed by atoms with van der Waals surface area (Å²) in [6.45, 7) is 4.14. The molecular weight excluding hydrogens is 448 g/mol. The summed E-state index contributed by atoms with van der Waals surface area (Å²) >= 11 is 5.93. The Bertz CT molecular complexity index is 1300. The van der Waals surface area contributed by atoms with E-state index in [1.807, 2.05) is 79.2 Å². The molecule has 0 radical (unpaired) electrons. The van der Waals surface area contributed by atoms with E-state index in [2.05, 4.69) is 10.3 Å². The van der Waals surface area contributed by atoms with Crippen LogP contribution in [0.1, 0.15) is 22.8 Å². The summed E-state index contributed by atoms with van der Waals surface area (Å²) in [5, 5.41) is 3.45. The highest BCUT2D eigenvalue weighted by atomic mass is 35.5. The predicted octanol–water partition coefficient (Wildman–Crippen LogP) is 5.60. The molecule has 1 heterocycles. The number of amides is 2. The molecule has 34 heavy (non-hydrogen) atoms. The van der Waals surface area contributed by atoms with Crippen molar-refractivity contribution in [1.29, 1.82) is 0 Å². The molecule has 172 valence electrons. The summed E-state index contributed by atoms with van der Waals surface area (Å²) in [4.78, 5) is 32.0. The Kier molecular flexibility index (Phi) is 7.09. The maximum Gasteiger partial charge on any atom is 0.254 e. The number of hydrogen-bond donors (Lipinski definition) is 1. The molecule has 0 unspecified atom stereocenters. The van der Waals surface area contributed by atoms with Gasteiger partial charge in [0.25, 0.3) is 5.91 Å². The van der Waals surface area contributed by atoms with Gasteiger partial charge in [-0.3, -0.25) is 19.5 Å².